The highest BCUT2D eigenvalue weighted by Crippen LogP contribution is 2.15. The van der Waals surface area contributed by atoms with E-state index in [1.165, 1.54) is 12.1 Å². The zero-order valence-corrected chi connectivity index (χ0v) is 10.0. The van der Waals surface area contributed by atoms with Gasteiger partial charge < -0.3 is 5.32 Å². The molecule has 88 valence electrons. The minimum absolute atomic E-state index is 0.00190. The Hall–Kier alpha value is -1.22. The van der Waals surface area contributed by atoms with Crippen LogP contribution < -0.4 is 5.32 Å². The first-order chi connectivity index (χ1) is 7.56. The highest BCUT2D eigenvalue weighted by atomic mass is 19.1. The quantitative estimate of drug-likeness (QED) is 0.777. The van der Waals surface area contributed by atoms with Crippen molar-refractivity contribution in [3.63, 3.8) is 0 Å². The van der Waals surface area contributed by atoms with Gasteiger partial charge in [0.25, 0.3) is 0 Å². The molecule has 0 amide bonds. The molecular formula is C13H18FNO. The number of Topliss-reactive ketones (excluding diaryl/α,β-unsaturated/α-hetero) is 1. The fourth-order valence-electron chi connectivity index (χ4n) is 1.58. The molecule has 0 aliphatic rings. The van der Waals surface area contributed by atoms with Gasteiger partial charge in [0, 0.05) is 18.0 Å². The maximum Gasteiger partial charge on any atom is 0.167 e. The molecule has 0 saturated heterocycles. The van der Waals surface area contributed by atoms with Crippen molar-refractivity contribution < 1.29 is 9.18 Å². The molecule has 0 aliphatic carbocycles. The number of hydrogen-bond acceptors (Lipinski definition) is 2. The first-order valence-electron chi connectivity index (χ1n) is 5.57. The van der Waals surface area contributed by atoms with E-state index in [1.54, 1.807) is 6.07 Å². The first-order valence-corrected chi connectivity index (χ1v) is 5.57. The molecule has 3 heteroatoms. The Labute approximate surface area is 95.9 Å². The van der Waals surface area contributed by atoms with Gasteiger partial charge in [-0.25, -0.2) is 4.39 Å². The normalized spacial score (nSPS) is 12.5. The van der Waals surface area contributed by atoms with Crippen molar-refractivity contribution >= 4 is 5.78 Å². The van der Waals surface area contributed by atoms with Crippen molar-refractivity contribution in [3.05, 3.63) is 35.1 Å². The van der Waals surface area contributed by atoms with Crippen LogP contribution in [0.4, 0.5) is 4.39 Å². The van der Waals surface area contributed by atoms with Crippen LogP contribution in [0.2, 0.25) is 0 Å². The smallest absolute Gasteiger partial charge is 0.167 e. The van der Waals surface area contributed by atoms with Gasteiger partial charge in [0.05, 0.1) is 0 Å². The number of carbonyl (C=O) groups is 1. The average Bonchev–Trinajstić information content (AvgIpc) is 2.28. The zero-order valence-electron chi connectivity index (χ0n) is 10.0. The number of rotatable bonds is 5. The first kappa shape index (κ1) is 12.8. The Morgan fingerprint density at radius 1 is 1.50 bits per heavy atom. The molecular weight excluding hydrogens is 205 g/mol. The number of halogens is 1. The van der Waals surface area contributed by atoms with Gasteiger partial charge in [-0.1, -0.05) is 19.9 Å². The van der Waals surface area contributed by atoms with Crippen LogP contribution in [0.25, 0.3) is 0 Å². The molecule has 0 aromatic heterocycles. The van der Waals surface area contributed by atoms with Gasteiger partial charge in [-0.2, -0.15) is 0 Å². The second-order valence-corrected chi connectivity index (χ2v) is 4.03. The van der Waals surface area contributed by atoms with E-state index in [-0.39, 0.29) is 17.5 Å². The largest absolute Gasteiger partial charge is 0.316 e. The summed E-state index contributed by atoms with van der Waals surface area (Å²) in [6.45, 7) is 7.14. The third-order valence-electron chi connectivity index (χ3n) is 2.61. The maximum atomic E-state index is 13.1. The zero-order chi connectivity index (χ0) is 12.1. The lowest BCUT2D eigenvalue weighted by atomic mass is 9.95. The highest BCUT2D eigenvalue weighted by Gasteiger charge is 2.17. The maximum absolute atomic E-state index is 13.1. The van der Waals surface area contributed by atoms with E-state index in [0.717, 1.165) is 12.1 Å². The molecule has 0 spiro atoms. The Balaban J connectivity index is 2.83. The van der Waals surface area contributed by atoms with Gasteiger partial charge in [-0.05, 0) is 31.2 Å². The van der Waals surface area contributed by atoms with Crippen molar-refractivity contribution in [2.45, 2.75) is 20.8 Å². The fourth-order valence-corrected chi connectivity index (χ4v) is 1.58. The molecule has 0 aliphatic heterocycles. The Bertz CT molecular complexity index is 376. The Morgan fingerprint density at radius 3 is 2.81 bits per heavy atom. The van der Waals surface area contributed by atoms with E-state index in [0.29, 0.717) is 12.1 Å². The van der Waals surface area contributed by atoms with Crippen molar-refractivity contribution in [2.24, 2.45) is 5.92 Å². The van der Waals surface area contributed by atoms with E-state index in [2.05, 4.69) is 5.32 Å². The van der Waals surface area contributed by atoms with Crippen molar-refractivity contribution in [3.8, 4) is 0 Å². The van der Waals surface area contributed by atoms with Crippen molar-refractivity contribution in [2.75, 3.05) is 13.1 Å². The summed E-state index contributed by atoms with van der Waals surface area (Å²) in [5.41, 5.74) is 1.32. The van der Waals surface area contributed by atoms with Crippen LogP contribution in [-0.2, 0) is 0 Å². The van der Waals surface area contributed by atoms with Gasteiger partial charge in [0.15, 0.2) is 5.78 Å². The molecule has 1 N–H and O–H groups in total. The lowest BCUT2D eigenvalue weighted by Crippen LogP contribution is -2.26. The SMILES string of the molecule is CCNCC(C)C(=O)c1cc(F)ccc1C. The van der Waals surface area contributed by atoms with E-state index in [4.69, 9.17) is 0 Å². The minimum atomic E-state index is -0.357. The van der Waals surface area contributed by atoms with Crippen LogP contribution >= 0.6 is 0 Å². The van der Waals surface area contributed by atoms with Gasteiger partial charge >= 0.3 is 0 Å². The molecule has 0 saturated carbocycles. The fraction of sp³-hybridized carbons (Fsp3) is 0.462. The van der Waals surface area contributed by atoms with E-state index < -0.39 is 0 Å². The van der Waals surface area contributed by atoms with Crippen LogP contribution in [0.1, 0.15) is 29.8 Å². The predicted molar refractivity (Wildman–Crippen MR) is 63.2 cm³/mol. The third kappa shape index (κ3) is 3.14. The number of hydrogen-bond donors (Lipinski definition) is 1. The predicted octanol–water partition coefficient (Wildman–Crippen LogP) is 2.56. The second-order valence-electron chi connectivity index (χ2n) is 4.03. The topological polar surface area (TPSA) is 29.1 Å². The Kier molecular flexibility index (Phi) is 4.62. The van der Waals surface area contributed by atoms with E-state index in [1.807, 2.05) is 20.8 Å². The molecule has 1 rings (SSSR count). The number of ketones is 1. The Morgan fingerprint density at radius 2 is 2.19 bits per heavy atom. The van der Waals surface area contributed by atoms with Gasteiger partial charge in [-0.3, -0.25) is 4.79 Å². The van der Waals surface area contributed by atoms with Gasteiger partial charge in [0.1, 0.15) is 5.82 Å². The summed E-state index contributed by atoms with van der Waals surface area (Å²) >= 11 is 0. The minimum Gasteiger partial charge on any atom is -0.316 e. The molecule has 1 unspecified atom stereocenters. The summed E-state index contributed by atoms with van der Waals surface area (Å²) in [5, 5.41) is 3.12. The highest BCUT2D eigenvalue weighted by molar-refractivity contribution is 5.99. The van der Waals surface area contributed by atoms with Crippen molar-refractivity contribution in [1.29, 1.82) is 0 Å². The summed E-state index contributed by atoms with van der Waals surface area (Å²) < 4.78 is 13.1. The van der Waals surface area contributed by atoms with Crippen LogP contribution in [0, 0.1) is 18.7 Å². The molecule has 1 aromatic rings. The lowest BCUT2D eigenvalue weighted by Gasteiger charge is -2.12. The summed E-state index contributed by atoms with van der Waals surface area (Å²) in [6, 6.07) is 4.34. The summed E-state index contributed by atoms with van der Waals surface area (Å²) in [4.78, 5) is 12.0. The molecule has 0 heterocycles. The molecule has 2 nitrogen and oxygen atoms in total. The second kappa shape index (κ2) is 5.75. The summed E-state index contributed by atoms with van der Waals surface area (Å²) in [5.74, 6) is -0.483. The summed E-state index contributed by atoms with van der Waals surface area (Å²) in [6.07, 6.45) is 0. The van der Waals surface area contributed by atoms with Gasteiger partial charge in [0.2, 0.25) is 0 Å². The van der Waals surface area contributed by atoms with Gasteiger partial charge in [-0.15, -0.1) is 0 Å². The van der Waals surface area contributed by atoms with Crippen LogP contribution in [-0.4, -0.2) is 18.9 Å². The molecule has 1 atom stereocenters. The molecule has 0 radical (unpaired) electrons. The van der Waals surface area contributed by atoms with Crippen molar-refractivity contribution in [1.82, 2.24) is 5.32 Å². The number of carbonyl (C=O) groups excluding carboxylic acids is 1. The summed E-state index contributed by atoms with van der Waals surface area (Å²) in [7, 11) is 0. The molecule has 1 aromatic carbocycles. The number of benzene rings is 1. The van der Waals surface area contributed by atoms with Crippen LogP contribution in [0.5, 0.6) is 0 Å². The lowest BCUT2D eigenvalue weighted by molar-refractivity contribution is 0.0928. The van der Waals surface area contributed by atoms with Crippen LogP contribution in [0.15, 0.2) is 18.2 Å². The van der Waals surface area contributed by atoms with E-state index in [9.17, 15) is 9.18 Å². The third-order valence-corrected chi connectivity index (χ3v) is 2.61. The standard InChI is InChI=1S/C13H18FNO/c1-4-15-8-10(3)13(16)12-7-11(14)6-5-9(12)2/h5-7,10,15H,4,8H2,1-3H3. The number of aryl methyl sites for hydroxylation is 1. The average molecular weight is 223 g/mol. The number of nitrogens with one attached hydrogen (secondary N) is 1. The van der Waals surface area contributed by atoms with Crippen LogP contribution in [0.3, 0.4) is 0 Å². The molecule has 0 bridgehead atoms. The monoisotopic (exact) mass is 223 g/mol. The molecule has 0 fully saturated rings. The van der Waals surface area contributed by atoms with E-state index >= 15 is 0 Å². The molecule has 16 heavy (non-hydrogen) atoms.